The molecule has 1 saturated heterocycles. The van der Waals surface area contributed by atoms with Crippen LogP contribution in [0.15, 0.2) is 0 Å². The normalized spacial score (nSPS) is 38.7. The van der Waals surface area contributed by atoms with E-state index in [9.17, 15) is 9.90 Å². The van der Waals surface area contributed by atoms with Gasteiger partial charge in [0, 0.05) is 12.6 Å². The molecule has 0 aromatic heterocycles. The topological polar surface area (TPSA) is 58.6 Å². The molecule has 98 valence electrons. The summed E-state index contributed by atoms with van der Waals surface area (Å²) in [5.74, 6) is 0.147. The first-order chi connectivity index (χ1) is 8.16. The number of hydrogen-bond acceptors (Lipinski definition) is 3. The van der Waals surface area contributed by atoms with E-state index in [1.807, 2.05) is 6.92 Å². The van der Waals surface area contributed by atoms with Gasteiger partial charge < -0.3 is 15.2 Å². The van der Waals surface area contributed by atoms with Gasteiger partial charge in [-0.2, -0.15) is 0 Å². The molecule has 1 heterocycles. The largest absolute Gasteiger partial charge is 0.393 e. The molecule has 4 heteroatoms. The van der Waals surface area contributed by atoms with Crippen LogP contribution in [0.25, 0.3) is 0 Å². The Kier molecular flexibility index (Phi) is 4.40. The fourth-order valence-corrected chi connectivity index (χ4v) is 2.80. The third kappa shape index (κ3) is 3.42. The third-order valence-corrected chi connectivity index (χ3v) is 3.99. The van der Waals surface area contributed by atoms with Gasteiger partial charge in [0.15, 0.2) is 0 Å². The highest BCUT2D eigenvalue weighted by atomic mass is 16.5. The number of nitrogens with one attached hydrogen (secondary N) is 1. The number of rotatable bonds is 2. The van der Waals surface area contributed by atoms with E-state index in [1.54, 1.807) is 0 Å². The van der Waals surface area contributed by atoms with Crippen LogP contribution in [-0.4, -0.2) is 35.9 Å². The molecule has 4 nitrogen and oxygen atoms in total. The Bertz CT molecular complexity index is 261. The predicted octanol–water partition coefficient (Wildman–Crippen LogP) is 1.22. The smallest absolute Gasteiger partial charge is 0.225 e. The Hall–Kier alpha value is -0.610. The molecule has 0 unspecified atom stereocenters. The van der Waals surface area contributed by atoms with Gasteiger partial charge in [0.1, 0.15) is 0 Å². The first kappa shape index (κ1) is 12.8. The van der Waals surface area contributed by atoms with Crippen molar-refractivity contribution in [3.63, 3.8) is 0 Å². The number of ether oxygens (including phenoxy) is 1. The summed E-state index contributed by atoms with van der Waals surface area (Å²) < 4.78 is 5.52. The standard InChI is InChI=1S/C13H23NO3/c1-9-12(3-2-8-17-9)13(16)14-10-4-6-11(15)7-5-10/h9-12,15H,2-8H2,1H3,(H,14,16)/t9-,10?,11?,12-/m1/s1. The molecule has 17 heavy (non-hydrogen) atoms. The maximum absolute atomic E-state index is 12.1. The van der Waals surface area contributed by atoms with E-state index in [0.717, 1.165) is 45.1 Å². The average Bonchev–Trinajstić information content (AvgIpc) is 2.32. The second-order valence-electron chi connectivity index (χ2n) is 5.34. The van der Waals surface area contributed by atoms with Crippen molar-refractivity contribution in [2.45, 2.75) is 63.7 Å². The summed E-state index contributed by atoms with van der Waals surface area (Å²) in [6.45, 7) is 2.76. The van der Waals surface area contributed by atoms with Gasteiger partial charge in [0.05, 0.1) is 18.1 Å². The van der Waals surface area contributed by atoms with E-state index in [-0.39, 0.29) is 30.1 Å². The van der Waals surface area contributed by atoms with Gasteiger partial charge in [-0.05, 0) is 45.4 Å². The van der Waals surface area contributed by atoms with Gasteiger partial charge in [-0.3, -0.25) is 4.79 Å². The van der Waals surface area contributed by atoms with Crippen LogP contribution < -0.4 is 5.32 Å². The maximum atomic E-state index is 12.1. The van der Waals surface area contributed by atoms with E-state index in [2.05, 4.69) is 5.32 Å². The van der Waals surface area contributed by atoms with Crippen LogP contribution in [0.5, 0.6) is 0 Å². The third-order valence-electron chi connectivity index (χ3n) is 3.99. The Labute approximate surface area is 103 Å². The van der Waals surface area contributed by atoms with Crippen molar-refractivity contribution in [1.29, 1.82) is 0 Å². The minimum absolute atomic E-state index is 0.00981. The van der Waals surface area contributed by atoms with Gasteiger partial charge in [0.2, 0.25) is 5.91 Å². The van der Waals surface area contributed by atoms with Crippen LogP contribution >= 0.6 is 0 Å². The molecule has 1 saturated carbocycles. The van der Waals surface area contributed by atoms with Crippen LogP contribution in [0.4, 0.5) is 0 Å². The summed E-state index contributed by atoms with van der Waals surface area (Å²) in [6, 6.07) is 0.250. The molecule has 0 aromatic carbocycles. The molecule has 0 bridgehead atoms. The van der Waals surface area contributed by atoms with E-state index in [1.165, 1.54) is 0 Å². The number of aliphatic hydroxyl groups is 1. The van der Waals surface area contributed by atoms with E-state index in [4.69, 9.17) is 4.74 Å². The van der Waals surface area contributed by atoms with Gasteiger partial charge in [-0.15, -0.1) is 0 Å². The lowest BCUT2D eigenvalue weighted by atomic mass is 9.90. The first-order valence-electron chi connectivity index (χ1n) is 6.77. The first-order valence-corrected chi connectivity index (χ1v) is 6.77. The van der Waals surface area contributed by atoms with Crippen molar-refractivity contribution in [2.24, 2.45) is 5.92 Å². The molecule has 2 fully saturated rings. The van der Waals surface area contributed by atoms with E-state index >= 15 is 0 Å². The van der Waals surface area contributed by atoms with Gasteiger partial charge >= 0.3 is 0 Å². The van der Waals surface area contributed by atoms with Gasteiger partial charge in [-0.25, -0.2) is 0 Å². The molecule has 0 radical (unpaired) electrons. The fourth-order valence-electron chi connectivity index (χ4n) is 2.80. The summed E-state index contributed by atoms with van der Waals surface area (Å²) in [5.41, 5.74) is 0. The minimum atomic E-state index is -0.167. The summed E-state index contributed by atoms with van der Waals surface area (Å²) >= 11 is 0. The number of hydrogen-bond donors (Lipinski definition) is 2. The fraction of sp³-hybridized carbons (Fsp3) is 0.923. The Morgan fingerprint density at radius 2 is 1.94 bits per heavy atom. The lowest BCUT2D eigenvalue weighted by Gasteiger charge is -2.31. The zero-order valence-corrected chi connectivity index (χ0v) is 10.5. The highest BCUT2D eigenvalue weighted by Crippen LogP contribution is 2.23. The van der Waals surface area contributed by atoms with Crippen molar-refractivity contribution in [1.82, 2.24) is 5.32 Å². The SMILES string of the molecule is C[C@H]1OCCC[C@H]1C(=O)NC1CCC(O)CC1. The maximum Gasteiger partial charge on any atom is 0.225 e. The summed E-state index contributed by atoms with van der Waals surface area (Å²) in [5, 5.41) is 12.5. The average molecular weight is 241 g/mol. The van der Waals surface area contributed by atoms with E-state index < -0.39 is 0 Å². The van der Waals surface area contributed by atoms with Crippen molar-refractivity contribution < 1.29 is 14.6 Å². The van der Waals surface area contributed by atoms with Crippen LogP contribution in [0.1, 0.15) is 45.4 Å². The lowest BCUT2D eigenvalue weighted by Crippen LogP contribution is -2.45. The summed E-state index contributed by atoms with van der Waals surface area (Å²) in [6.07, 6.45) is 5.19. The molecule has 1 aliphatic carbocycles. The minimum Gasteiger partial charge on any atom is -0.393 e. The van der Waals surface area contributed by atoms with Crippen molar-refractivity contribution in [2.75, 3.05) is 6.61 Å². The lowest BCUT2D eigenvalue weighted by molar-refractivity contribution is -0.134. The molecule has 1 amide bonds. The van der Waals surface area contributed by atoms with Crippen LogP contribution in [0, 0.1) is 5.92 Å². The molecule has 0 aromatic rings. The number of amides is 1. The Balaban J connectivity index is 1.79. The number of carbonyl (C=O) groups is 1. The highest BCUT2D eigenvalue weighted by molar-refractivity contribution is 5.79. The number of aliphatic hydroxyl groups excluding tert-OH is 1. The summed E-state index contributed by atoms with van der Waals surface area (Å²) in [7, 11) is 0. The van der Waals surface area contributed by atoms with Crippen molar-refractivity contribution in [3.05, 3.63) is 0 Å². The summed E-state index contributed by atoms with van der Waals surface area (Å²) in [4.78, 5) is 12.1. The van der Waals surface area contributed by atoms with Gasteiger partial charge in [-0.1, -0.05) is 0 Å². The Morgan fingerprint density at radius 1 is 1.24 bits per heavy atom. The van der Waals surface area contributed by atoms with Crippen molar-refractivity contribution >= 4 is 5.91 Å². The van der Waals surface area contributed by atoms with Crippen LogP contribution in [0.2, 0.25) is 0 Å². The molecule has 2 atom stereocenters. The quantitative estimate of drug-likeness (QED) is 0.764. The second kappa shape index (κ2) is 5.83. The van der Waals surface area contributed by atoms with Gasteiger partial charge in [0.25, 0.3) is 0 Å². The molecular weight excluding hydrogens is 218 g/mol. The van der Waals surface area contributed by atoms with Crippen molar-refractivity contribution in [3.8, 4) is 0 Å². The van der Waals surface area contributed by atoms with Crippen LogP contribution in [0.3, 0.4) is 0 Å². The molecule has 2 N–H and O–H groups in total. The second-order valence-corrected chi connectivity index (χ2v) is 5.34. The predicted molar refractivity (Wildman–Crippen MR) is 64.5 cm³/mol. The number of carbonyl (C=O) groups excluding carboxylic acids is 1. The highest BCUT2D eigenvalue weighted by Gasteiger charge is 2.30. The molecule has 0 spiro atoms. The Morgan fingerprint density at radius 3 is 2.59 bits per heavy atom. The zero-order chi connectivity index (χ0) is 12.3. The monoisotopic (exact) mass is 241 g/mol. The molecular formula is C13H23NO3. The molecule has 2 aliphatic rings. The van der Waals surface area contributed by atoms with E-state index in [0.29, 0.717) is 0 Å². The zero-order valence-electron chi connectivity index (χ0n) is 10.5. The molecule has 1 aliphatic heterocycles. The molecule has 2 rings (SSSR count). The van der Waals surface area contributed by atoms with Crippen LogP contribution in [-0.2, 0) is 9.53 Å².